The molecule has 1 N–H and O–H groups in total. The number of methoxy groups -OCH3 is 1. The molecule has 5 nitrogen and oxygen atoms in total. The number of aryl methyl sites for hydroxylation is 1. The minimum absolute atomic E-state index is 0.0195. The molecule has 0 unspecified atom stereocenters. The largest absolute Gasteiger partial charge is 0.497 e. The van der Waals surface area contributed by atoms with Gasteiger partial charge in [-0.25, -0.2) is 0 Å². The monoisotopic (exact) mass is 418 g/mol. The first-order chi connectivity index (χ1) is 14.6. The molecule has 1 saturated heterocycles. The smallest absolute Gasteiger partial charge is 0.174 e. The van der Waals surface area contributed by atoms with Crippen molar-refractivity contribution in [3.63, 3.8) is 0 Å². The van der Waals surface area contributed by atoms with Crippen LogP contribution in [0.1, 0.15) is 53.6 Å². The van der Waals surface area contributed by atoms with Gasteiger partial charge in [0, 0.05) is 29.3 Å². The van der Waals surface area contributed by atoms with Gasteiger partial charge in [0.1, 0.15) is 5.75 Å². The molecule has 3 heterocycles. The van der Waals surface area contributed by atoms with Crippen LogP contribution in [0, 0.1) is 13.8 Å². The van der Waals surface area contributed by atoms with Crippen LogP contribution in [0.2, 0.25) is 0 Å². The van der Waals surface area contributed by atoms with Gasteiger partial charge in [-0.2, -0.15) is 0 Å². The highest BCUT2D eigenvalue weighted by Gasteiger charge is 2.42. The number of pyridine rings is 1. The van der Waals surface area contributed by atoms with Crippen molar-refractivity contribution >= 4 is 23.0 Å². The number of nitrogens with one attached hydrogen (secondary N) is 1. The fraction of sp³-hybridized carbons (Fsp3) is 0.333. The summed E-state index contributed by atoms with van der Waals surface area (Å²) in [7, 11) is 1.68. The van der Waals surface area contributed by atoms with E-state index in [1.165, 1.54) is 29.8 Å². The number of aromatic nitrogens is 2. The van der Waals surface area contributed by atoms with E-state index in [4.69, 9.17) is 17.0 Å². The maximum absolute atomic E-state index is 5.83. The lowest BCUT2D eigenvalue weighted by Gasteiger charge is -2.28. The quantitative estimate of drug-likeness (QED) is 0.589. The predicted octanol–water partition coefficient (Wildman–Crippen LogP) is 5.02. The second-order valence-corrected chi connectivity index (χ2v) is 8.51. The highest BCUT2D eigenvalue weighted by molar-refractivity contribution is 7.80. The topological polar surface area (TPSA) is 42.3 Å². The molecule has 0 amide bonds. The fourth-order valence-corrected chi connectivity index (χ4v) is 5.03. The molecule has 154 valence electrons. The first-order valence-corrected chi connectivity index (χ1v) is 10.8. The maximum atomic E-state index is 5.83. The van der Waals surface area contributed by atoms with Gasteiger partial charge in [-0.3, -0.25) is 4.98 Å². The van der Waals surface area contributed by atoms with E-state index < -0.39 is 0 Å². The van der Waals surface area contributed by atoms with E-state index in [1.807, 2.05) is 30.5 Å². The van der Waals surface area contributed by atoms with Crippen LogP contribution in [-0.2, 0) is 0 Å². The number of rotatable bonds is 5. The van der Waals surface area contributed by atoms with Gasteiger partial charge in [-0.05, 0) is 86.9 Å². The van der Waals surface area contributed by atoms with Crippen molar-refractivity contribution in [1.29, 1.82) is 0 Å². The lowest BCUT2D eigenvalue weighted by molar-refractivity contribution is 0.415. The van der Waals surface area contributed by atoms with Crippen LogP contribution in [0.3, 0.4) is 0 Å². The molecule has 2 fully saturated rings. The molecular formula is C24H26N4OS. The van der Waals surface area contributed by atoms with E-state index in [9.17, 15) is 0 Å². The van der Waals surface area contributed by atoms with Gasteiger partial charge in [0.25, 0.3) is 0 Å². The molecule has 5 rings (SSSR count). The molecule has 2 aromatic heterocycles. The lowest BCUT2D eigenvalue weighted by atomic mass is 9.96. The molecule has 2 aliphatic rings. The number of thiocarbonyl (C=S) groups is 1. The average molecular weight is 419 g/mol. The molecule has 1 saturated carbocycles. The van der Waals surface area contributed by atoms with E-state index in [0.29, 0.717) is 6.04 Å². The van der Waals surface area contributed by atoms with Crippen LogP contribution in [-0.4, -0.2) is 21.8 Å². The molecule has 2 atom stereocenters. The van der Waals surface area contributed by atoms with Crippen LogP contribution in [0.4, 0.5) is 5.69 Å². The molecule has 3 aromatic rings. The van der Waals surface area contributed by atoms with Crippen LogP contribution >= 0.6 is 12.2 Å². The van der Waals surface area contributed by atoms with Crippen molar-refractivity contribution in [2.24, 2.45) is 0 Å². The van der Waals surface area contributed by atoms with Gasteiger partial charge < -0.3 is 19.5 Å². The maximum Gasteiger partial charge on any atom is 0.174 e. The third kappa shape index (κ3) is 3.16. The van der Waals surface area contributed by atoms with Crippen molar-refractivity contribution < 1.29 is 4.74 Å². The summed E-state index contributed by atoms with van der Waals surface area (Å²) in [6.07, 6.45) is 4.38. The third-order valence-corrected chi connectivity index (χ3v) is 6.52. The Bertz CT molecular complexity index is 1070. The molecular weight excluding hydrogens is 392 g/mol. The zero-order valence-electron chi connectivity index (χ0n) is 17.5. The number of ether oxygens (including phenoxy) is 1. The van der Waals surface area contributed by atoms with Crippen LogP contribution in [0.15, 0.2) is 54.7 Å². The Labute approximate surface area is 182 Å². The molecule has 1 aromatic carbocycles. The zero-order valence-corrected chi connectivity index (χ0v) is 18.3. The first kappa shape index (κ1) is 19.1. The first-order valence-electron chi connectivity index (χ1n) is 10.4. The fourth-order valence-electron chi connectivity index (χ4n) is 4.69. The summed E-state index contributed by atoms with van der Waals surface area (Å²) >= 11 is 5.83. The summed E-state index contributed by atoms with van der Waals surface area (Å²) in [5.74, 6) is 0.835. The number of benzene rings is 1. The number of anilines is 1. The average Bonchev–Trinajstić information content (AvgIpc) is 3.48. The summed E-state index contributed by atoms with van der Waals surface area (Å²) in [6.45, 7) is 4.45. The number of hydrogen-bond donors (Lipinski definition) is 1. The second-order valence-electron chi connectivity index (χ2n) is 8.12. The number of hydrogen-bond acceptors (Lipinski definition) is 3. The van der Waals surface area contributed by atoms with E-state index >= 15 is 0 Å². The Hall–Kier alpha value is -2.86. The van der Waals surface area contributed by atoms with Crippen molar-refractivity contribution in [3.8, 4) is 5.75 Å². The van der Waals surface area contributed by atoms with Crippen molar-refractivity contribution in [2.45, 2.75) is 44.8 Å². The van der Waals surface area contributed by atoms with Gasteiger partial charge in [0.15, 0.2) is 5.11 Å². The predicted molar refractivity (Wildman–Crippen MR) is 123 cm³/mol. The summed E-state index contributed by atoms with van der Waals surface area (Å²) in [5, 5.41) is 4.27. The minimum atomic E-state index is -0.0195. The molecule has 30 heavy (non-hydrogen) atoms. The van der Waals surface area contributed by atoms with Crippen molar-refractivity contribution in [2.75, 3.05) is 12.0 Å². The summed E-state index contributed by atoms with van der Waals surface area (Å²) in [6, 6.07) is 17.1. The highest BCUT2D eigenvalue weighted by atomic mass is 32.1. The van der Waals surface area contributed by atoms with Gasteiger partial charge in [0.05, 0.1) is 24.9 Å². The van der Waals surface area contributed by atoms with E-state index in [2.05, 4.69) is 57.9 Å². The molecule has 1 aliphatic carbocycles. The van der Waals surface area contributed by atoms with Gasteiger partial charge in [-0.1, -0.05) is 6.07 Å². The zero-order chi connectivity index (χ0) is 20.8. The normalized spacial score (nSPS) is 21.0. The van der Waals surface area contributed by atoms with Gasteiger partial charge in [0.2, 0.25) is 0 Å². The third-order valence-electron chi connectivity index (χ3n) is 6.20. The molecule has 0 radical (unpaired) electrons. The van der Waals surface area contributed by atoms with E-state index in [-0.39, 0.29) is 12.1 Å². The van der Waals surface area contributed by atoms with Crippen LogP contribution < -0.4 is 15.0 Å². The number of nitrogens with zero attached hydrogens (tertiary/aromatic N) is 3. The van der Waals surface area contributed by atoms with E-state index in [1.54, 1.807) is 7.11 Å². The van der Waals surface area contributed by atoms with Crippen molar-refractivity contribution in [1.82, 2.24) is 14.9 Å². The Morgan fingerprint density at radius 3 is 2.50 bits per heavy atom. The Morgan fingerprint density at radius 2 is 1.87 bits per heavy atom. The molecule has 1 aliphatic heterocycles. The Morgan fingerprint density at radius 1 is 1.10 bits per heavy atom. The minimum Gasteiger partial charge on any atom is -0.497 e. The summed E-state index contributed by atoms with van der Waals surface area (Å²) in [4.78, 5) is 6.89. The van der Waals surface area contributed by atoms with Gasteiger partial charge >= 0.3 is 0 Å². The van der Waals surface area contributed by atoms with Crippen LogP contribution in [0.5, 0.6) is 5.75 Å². The van der Waals surface area contributed by atoms with Gasteiger partial charge in [-0.15, -0.1) is 0 Å². The summed E-state index contributed by atoms with van der Waals surface area (Å²) in [5.41, 5.74) is 5.99. The Kier molecular flexibility index (Phi) is 4.74. The SMILES string of the molecule is COc1ccc(N2C(=S)N[C@@H](c3ccccn3)[C@H]2c2cc(C)n(C3CC3)c2C)cc1. The molecule has 0 bridgehead atoms. The second kappa shape index (κ2) is 7.43. The standard InChI is InChI=1S/C24H26N4OS/c1-15-14-20(16(2)27(15)17-7-8-17)23-22(21-6-4-5-13-25-21)26-24(30)28(23)18-9-11-19(29-3)12-10-18/h4-6,9-14,17,22-23H,7-8H2,1-3H3,(H,26,30)/t22-,23+/m0/s1. The van der Waals surface area contributed by atoms with Crippen molar-refractivity contribution in [3.05, 3.63) is 77.4 Å². The molecule has 0 spiro atoms. The highest BCUT2D eigenvalue weighted by Crippen LogP contribution is 2.46. The lowest BCUT2D eigenvalue weighted by Crippen LogP contribution is -2.29. The molecule has 6 heteroatoms. The Balaban J connectivity index is 1.64. The van der Waals surface area contributed by atoms with E-state index in [0.717, 1.165) is 22.2 Å². The van der Waals surface area contributed by atoms with Crippen LogP contribution in [0.25, 0.3) is 0 Å². The summed E-state index contributed by atoms with van der Waals surface area (Å²) < 4.78 is 7.85.